The number of hydrogen-bond acceptors (Lipinski definition) is 5. The zero-order valence-electron chi connectivity index (χ0n) is 15.2. The van der Waals surface area contributed by atoms with Crippen LogP contribution in [0.4, 0.5) is 0 Å². The van der Waals surface area contributed by atoms with Crippen molar-refractivity contribution in [3.8, 4) is 10.4 Å². The van der Waals surface area contributed by atoms with E-state index in [0.717, 1.165) is 59.3 Å². The molecule has 5 nitrogen and oxygen atoms in total. The average molecular weight is 391 g/mol. The van der Waals surface area contributed by atoms with Crippen molar-refractivity contribution in [3.05, 3.63) is 39.1 Å². The first-order valence-electron chi connectivity index (χ1n) is 9.09. The maximum atomic E-state index is 13.4. The standard InChI is InChI=1S/C19H23N3O2S2/c1-13(2)10-22-16(11-21-5-7-24-8-6-21)20-18-17(19(22)23)14(12-26-18)15-4-3-9-25-15/h3-4,9,12-13H,5-8,10-11H2,1-2H3/p+1. The fourth-order valence-corrected chi connectivity index (χ4v) is 5.20. The molecule has 1 saturated heterocycles. The molecule has 3 aromatic rings. The predicted molar refractivity (Wildman–Crippen MR) is 107 cm³/mol. The predicted octanol–water partition coefficient (Wildman–Crippen LogP) is 2.26. The molecule has 0 unspecified atom stereocenters. The highest BCUT2D eigenvalue weighted by atomic mass is 32.1. The summed E-state index contributed by atoms with van der Waals surface area (Å²) in [5.41, 5.74) is 1.14. The highest BCUT2D eigenvalue weighted by Crippen LogP contribution is 2.33. The number of ether oxygens (including phenoxy) is 1. The van der Waals surface area contributed by atoms with Crippen LogP contribution in [0, 0.1) is 5.92 Å². The van der Waals surface area contributed by atoms with E-state index in [2.05, 4.69) is 30.7 Å². The first-order valence-corrected chi connectivity index (χ1v) is 10.9. The summed E-state index contributed by atoms with van der Waals surface area (Å²) >= 11 is 3.25. The van der Waals surface area contributed by atoms with E-state index in [9.17, 15) is 4.79 Å². The molecule has 0 amide bonds. The van der Waals surface area contributed by atoms with Gasteiger partial charge in [-0.2, -0.15) is 0 Å². The van der Waals surface area contributed by atoms with Crippen LogP contribution in [0.25, 0.3) is 20.7 Å². The Hall–Kier alpha value is -1.54. The molecule has 7 heteroatoms. The maximum absolute atomic E-state index is 13.4. The van der Waals surface area contributed by atoms with Crippen LogP contribution in [-0.2, 0) is 17.8 Å². The molecule has 4 rings (SSSR count). The Morgan fingerprint density at radius 2 is 2.12 bits per heavy atom. The van der Waals surface area contributed by atoms with E-state index in [-0.39, 0.29) is 5.56 Å². The van der Waals surface area contributed by atoms with E-state index in [1.54, 1.807) is 22.7 Å². The van der Waals surface area contributed by atoms with Gasteiger partial charge in [-0.05, 0) is 17.4 Å². The number of aromatic nitrogens is 2. The van der Waals surface area contributed by atoms with Gasteiger partial charge in [-0.1, -0.05) is 19.9 Å². The fraction of sp³-hybridized carbons (Fsp3) is 0.474. The molecule has 1 aliphatic heterocycles. The Morgan fingerprint density at radius 3 is 2.81 bits per heavy atom. The van der Waals surface area contributed by atoms with Gasteiger partial charge in [0.1, 0.15) is 24.5 Å². The van der Waals surface area contributed by atoms with Gasteiger partial charge in [0.15, 0.2) is 5.82 Å². The molecule has 138 valence electrons. The lowest BCUT2D eigenvalue weighted by Gasteiger charge is -2.24. The van der Waals surface area contributed by atoms with E-state index in [1.807, 2.05) is 10.6 Å². The molecule has 1 fully saturated rings. The van der Waals surface area contributed by atoms with Crippen LogP contribution in [0.15, 0.2) is 27.7 Å². The minimum atomic E-state index is 0.107. The van der Waals surface area contributed by atoms with Crippen molar-refractivity contribution in [2.45, 2.75) is 26.9 Å². The average Bonchev–Trinajstić information content (AvgIpc) is 3.28. The van der Waals surface area contributed by atoms with E-state index in [4.69, 9.17) is 9.72 Å². The lowest BCUT2D eigenvalue weighted by molar-refractivity contribution is -0.922. The molecule has 0 bridgehead atoms. The molecule has 0 aliphatic carbocycles. The second-order valence-corrected chi connectivity index (χ2v) is 8.99. The summed E-state index contributed by atoms with van der Waals surface area (Å²) < 4.78 is 7.38. The number of thiophene rings is 2. The molecule has 1 N–H and O–H groups in total. The summed E-state index contributed by atoms with van der Waals surface area (Å²) in [5, 5.41) is 4.91. The second kappa shape index (κ2) is 7.60. The molecule has 0 atom stereocenters. The van der Waals surface area contributed by atoms with Crippen molar-refractivity contribution in [1.82, 2.24) is 9.55 Å². The summed E-state index contributed by atoms with van der Waals surface area (Å²) in [6, 6.07) is 4.10. The monoisotopic (exact) mass is 390 g/mol. The molecular weight excluding hydrogens is 366 g/mol. The Bertz CT molecular complexity index is 938. The first-order chi connectivity index (χ1) is 12.6. The molecule has 1 aliphatic rings. The van der Waals surface area contributed by atoms with E-state index in [0.29, 0.717) is 12.5 Å². The van der Waals surface area contributed by atoms with E-state index >= 15 is 0 Å². The number of quaternary nitrogens is 1. The number of nitrogens with one attached hydrogen (secondary N) is 1. The molecule has 26 heavy (non-hydrogen) atoms. The number of morpholine rings is 1. The molecule has 3 aromatic heterocycles. The number of nitrogens with zero attached hydrogens (tertiary/aromatic N) is 2. The summed E-state index contributed by atoms with van der Waals surface area (Å²) in [6.07, 6.45) is 0. The molecule has 0 spiro atoms. The zero-order valence-corrected chi connectivity index (χ0v) is 16.8. The van der Waals surface area contributed by atoms with Crippen molar-refractivity contribution in [2.75, 3.05) is 26.3 Å². The first kappa shape index (κ1) is 17.9. The second-order valence-electron chi connectivity index (χ2n) is 7.18. The van der Waals surface area contributed by atoms with Gasteiger partial charge in [0, 0.05) is 22.4 Å². The lowest BCUT2D eigenvalue weighted by atomic mass is 10.2. The van der Waals surface area contributed by atoms with Crippen LogP contribution in [0.5, 0.6) is 0 Å². The van der Waals surface area contributed by atoms with Crippen LogP contribution >= 0.6 is 22.7 Å². The topological polar surface area (TPSA) is 48.6 Å². The van der Waals surface area contributed by atoms with Gasteiger partial charge in [0.2, 0.25) is 0 Å². The summed E-state index contributed by atoms with van der Waals surface area (Å²) in [5.74, 6) is 1.31. The third-order valence-electron chi connectivity index (χ3n) is 4.72. The summed E-state index contributed by atoms with van der Waals surface area (Å²) in [4.78, 5) is 21.8. The third kappa shape index (κ3) is 3.49. The van der Waals surface area contributed by atoms with E-state index in [1.165, 1.54) is 4.90 Å². The Kier molecular flexibility index (Phi) is 5.22. The van der Waals surface area contributed by atoms with Gasteiger partial charge in [-0.15, -0.1) is 22.7 Å². The van der Waals surface area contributed by atoms with Gasteiger partial charge in [-0.25, -0.2) is 4.98 Å². The molecule has 0 radical (unpaired) electrons. The highest BCUT2D eigenvalue weighted by molar-refractivity contribution is 7.18. The molecule has 0 aromatic carbocycles. The minimum absolute atomic E-state index is 0.107. The number of rotatable bonds is 5. The van der Waals surface area contributed by atoms with Gasteiger partial charge >= 0.3 is 0 Å². The molecule has 0 saturated carbocycles. The van der Waals surface area contributed by atoms with Gasteiger partial charge < -0.3 is 9.64 Å². The number of fused-ring (bicyclic) bond motifs is 1. The van der Waals surface area contributed by atoms with Crippen LogP contribution in [0.3, 0.4) is 0 Å². The van der Waals surface area contributed by atoms with Crippen LogP contribution < -0.4 is 10.5 Å². The Balaban J connectivity index is 1.82. The third-order valence-corrected chi connectivity index (χ3v) is 6.49. The van der Waals surface area contributed by atoms with Gasteiger partial charge in [0.05, 0.1) is 18.6 Å². The quantitative estimate of drug-likeness (QED) is 0.727. The largest absolute Gasteiger partial charge is 0.370 e. The van der Waals surface area contributed by atoms with Gasteiger partial charge in [-0.3, -0.25) is 9.36 Å². The lowest BCUT2D eigenvalue weighted by Crippen LogP contribution is -3.13. The summed E-state index contributed by atoms with van der Waals surface area (Å²) in [6.45, 7) is 9.31. The normalized spacial score (nSPS) is 16.0. The van der Waals surface area contributed by atoms with Crippen LogP contribution in [0.1, 0.15) is 19.7 Å². The van der Waals surface area contributed by atoms with Gasteiger partial charge in [0.25, 0.3) is 5.56 Å². The summed E-state index contributed by atoms with van der Waals surface area (Å²) in [7, 11) is 0. The Labute approximate surface area is 160 Å². The van der Waals surface area contributed by atoms with Crippen molar-refractivity contribution in [2.24, 2.45) is 5.92 Å². The van der Waals surface area contributed by atoms with Crippen molar-refractivity contribution < 1.29 is 9.64 Å². The van der Waals surface area contributed by atoms with Crippen molar-refractivity contribution >= 4 is 32.9 Å². The Morgan fingerprint density at radius 1 is 1.31 bits per heavy atom. The number of hydrogen-bond donors (Lipinski definition) is 1. The fourth-order valence-electron chi connectivity index (χ4n) is 3.43. The molecular formula is C19H24N3O2S2+. The maximum Gasteiger partial charge on any atom is 0.263 e. The zero-order chi connectivity index (χ0) is 18.1. The van der Waals surface area contributed by atoms with Crippen molar-refractivity contribution in [1.29, 1.82) is 0 Å². The van der Waals surface area contributed by atoms with E-state index < -0.39 is 0 Å². The smallest absolute Gasteiger partial charge is 0.263 e. The highest BCUT2D eigenvalue weighted by Gasteiger charge is 2.22. The molecule has 4 heterocycles. The van der Waals surface area contributed by atoms with Crippen LogP contribution in [0.2, 0.25) is 0 Å². The van der Waals surface area contributed by atoms with Crippen LogP contribution in [-0.4, -0.2) is 35.9 Å². The minimum Gasteiger partial charge on any atom is -0.370 e. The van der Waals surface area contributed by atoms with Crippen molar-refractivity contribution in [3.63, 3.8) is 0 Å². The SMILES string of the molecule is CC(C)Cn1c(C[NH+]2CCOCC2)nc2scc(-c3cccs3)c2c1=O.